The second-order valence-corrected chi connectivity index (χ2v) is 7.09. The van der Waals surface area contributed by atoms with Gasteiger partial charge in [-0.05, 0) is 37.3 Å². The molecule has 1 aromatic heterocycles. The second-order valence-electron chi connectivity index (χ2n) is 7.09. The molecule has 0 bridgehead atoms. The molecule has 1 fully saturated rings. The number of hydrogen-bond acceptors (Lipinski definition) is 3. The van der Waals surface area contributed by atoms with Gasteiger partial charge in [0, 0.05) is 24.8 Å². The Balaban J connectivity index is 1.63. The monoisotopic (exact) mass is 342 g/mol. The molecule has 2 amide bonds. The van der Waals surface area contributed by atoms with Crippen LogP contribution in [0.25, 0.3) is 5.69 Å². The Kier molecular flexibility index (Phi) is 5.08. The predicted octanol–water partition coefficient (Wildman–Crippen LogP) is 2.71. The summed E-state index contributed by atoms with van der Waals surface area (Å²) in [5.74, 6) is 0.264. The maximum atomic E-state index is 12.0. The van der Waals surface area contributed by atoms with Crippen molar-refractivity contribution in [3.63, 3.8) is 0 Å². The number of carbonyl (C=O) groups is 1. The molecule has 0 spiro atoms. The van der Waals surface area contributed by atoms with Crippen molar-refractivity contribution in [3.8, 4) is 5.69 Å². The summed E-state index contributed by atoms with van der Waals surface area (Å²) in [6.45, 7) is 4.89. The standard InChI is InChI=1S/C19H26N4O2/c1-14(2)17-15(12-23(22-17)16-7-4-3-5-8-16)11-20-18(24)21-13-19(25)9-6-10-19/h3-5,7-8,12,14,25H,6,9-11,13H2,1-2H3,(H2,20,21,24). The quantitative estimate of drug-likeness (QED) is 0.755. The highest BCUT2D eigenvalue weighted by Gasteiger charge is 2.34. The summed E-state index contributed by atoms with van der Waals surface area (Å²) in [7, 11) is 0. The number of aromatic nitrogens is 2. The molecule has 1 heterocycles. The maximum Gasteiger partial charge on any atom is 0.315 e. The van der Waals surface area contributed by atoms with Gasteiger partial charge < -0.3 is 15.7 Å². The van der Waals surface area contributed by atoms with E-state index in [0.717, 1.165) is 36.2 Å². The lowest BCUT2D eigenvalue weighted by Crippen LogP contribution is -2.50. The van der Waals surface area contributed by atoms with Gasteiger partial charge in [-0.3, -0.25) is 0 Å². The fraction of sp³-hybridized carbons (Fsp3) is 0.474. The van der Waals surface area contributed by atoms with Crippen LogP contribution in [0.3, 0.4) is 0 Å². The van der Waals surface area contributed by atoms with Crippen molar-refractivity contribution < 1.29 is 9.90 Å². The van der Waals surface area contributed by atoms with E-state index in [0.29, 0.717) is 13.1 Å². The summed E-state index contributed by atoms with van der Waals surface area (Å²) in [5.41, 5.74) is 2.25. The number of hydrogen-bond donors (Lipinski definition) is 3. The second kappa shape index (κ2) is 7.27. The Morgan fingerprint density at radius 1 is 1.28 bits per heavy atom. The Morgan fingerprint density at radius 3 is 2.60 bits per heavy atom. The summed E-state index contributed by atoms with van der Waals surface area (Å²) < 4.78 is 1.85. The summed E-state index contributed by atoms with van der Waals surface area (Å²) in [6.07, 6.45) is 4.50. The lowest BCUT2D eigenvalue weighted by molar-refractivity contribution is -0.0290. The van der Waals surface area contributed by atoms with Crippen molar-refractivity contribution >= 4 is 6.03 Å². The van der Waals surface area contributed by atoms with Crippen LogP contribution in [0.2, 0.25) is 0 Å². The van der Waals surface area contributed by atoms with Crippen LogP contribution in [-0.2, 0) is 6.54 Å². The topological polar surface area (TPSA) is 79.2 Å². The molecule has 1 saturated carbocycles. The SMILES string of the molecule is CC(C)c1nn(-c2ccccc2)cc1CNC(=O)NCC1(O)CCC1. The Labute approximate surface area is 148 Å². The molecule has 6 nitrogen and oxygen atoms in total. The number of para-hydroxylation sites is 1. The first kappa shape index (κ1) is 17.5. The average molecular weight is 342 g/mol. The van der Waals surface area contributed by atoms with Crippen molar-refractivity contribution in [1.29, 1.82) is 0 Å². The van der Waals surface area contributed by atoms with E-state index in [1.54, 1.807) is 0 Å². The zero-order valence-electron chi connectivity index (χ0n) is 14.8. The highest BCUT2D eigenvalue weighted by atomic mass is 16.3. The van der Waals surface area contributed by atoms with Gasteiger partial charge in [0.1, 0.15) is 0 Å². The van der Waals surface area contributed by atoms with Gasteiger partial charge in [-0.1, -0.05) is 32.0 Å². The molecule has 6 heteroatoms. The van der Waals surface area contributed by atoms with Gasteiger partial charge in [-0.2, -0.15) is 5.10 Å². The number of amides is 2. The van der Waals surface area contributed by atoms with Crippen LogP contribution >= 0.6 is 0 Å². The van der Waals surface area contributed by atoms with Crippen LogP contribution in [0.15, 0.2) is 36.5 Å². The van der Waals surface area contributed by atoms with Crippen molar-refractivity contribution in [3.05, 3.63) is 47.8 Å². The molecule has 1 aromatic carbocycles. The molecule has 134 valence electrons. The van der Waals surface area contributed by atoms with Crippen molar-refractivity contribution in [2.75, 3.05) is 6.54 Å². The van der Waals surface area contributed by atoms with Crippen molar-refractivity contribution in [2.45, 2.75) is 51.2 Å². The number of aliphatic hydroxyl groups is 1. The van der Waals surface area contributed by atoms with Crippen molar-refractivity contribution in [1.82, 2.24) is 20.4 Å². The smallest absolute Gasteiger partial charge is 0.315 e. The number of benzene rings is 1. The van der Waals surface area contributed by atoms with E-state index in [1.165, 1.54) is 0 Å². The summed E-state index contributed by atoms with van der Waals surface area (Å²) >= 11 is 0. The molecule has 0 radical (unpaired) electrons. The third-order valence-corrected chi connectivity index (χ3v) is 4.69. The van der Waals surface area contributed by atoms with E-state index < -0.39 is 5.60 Å². The number of rotatable bonds is 6. The number of carbonyl (C=O) groups excluding carboxylic acids is 1. The normalized spacial score (nSPS) is 15.7. The van der Waals surface area contributed by atoms with Crippen LogP contribution in [0.1, 0.15) is 50.3 Å². The lowest BCUT2D eigenvalue weighted by atomic mass is 9.80. The predicted molar refractivity (Wildman–Crippen MR) is 96.7 cm³/mol. The minimum absolute atomic E-state index is 0.262. The van der Waals surface area contributed by atoms with Crippen LogP contribution in [0.5, 0.6) is 0 Å². The van der Waals surface area contributed by atoms with E-state index in [-0.39, 0.29) is 11.9 Å². The molecule has 0 unspecified atom stereocenters. The lowest BCUT2D eigenvalue weighted by Gasteiger charge is -2.36. The molecular weight excluding hydrogens is 316 g/mol. The van der Waals surface area contributed by atoms with Gasteiger partial charge in [0.15, 0.2) is 0 Å². The highest BCUT2D eigenvalue weighted by Crippen LogP contribution is 2.30. The Morgan fingerprint density at radius 2 is 2.00 bits per heavy atom. The van der Waals surface area contributed by atoms with Gasteiger partial charge in [0.25, 0.3) is 0 Å². The third kappa shape index (κ3) is 4.20. The average Bonchev–Trinajstić information content (AvgIpc) is 3.02. The molecule has 0 atom stereocenters. The number of nitrogens with one attached hydrogen (secondary N) is 2. The molecular formula is C19H26N4O2. The van der Waals surface area contributed by atoms with Gasteiger partial charge >= 0.3 is 6.03 Å². The van der Waals surface area contributed by atoms with Crippen LogP contribution in [0, 0.1) is 0 Å². The molecule has 1 aliphatic rings. The minimum Gasteiger partial charge on any atom is -0.388 e. The zero-order valence-corrected chi connectivity index (χ0v) is 14.8. The summed E-state index contributed by atoms with van der Waals surface area (Å²) in [5, 5.41) is 20.3. The van der Waals surface area contributed by atoms with E-state index in [1.807, 2.05) is 41.2 Å². The van der Waals surface area contributed by atoms with E-state index >= 15 is 0 Å². The maximum absolute atomic E-state index is 12.0. The van der Waals surface area contributed by atoms with Crippen LogP contribution in [-0.4, -0.2) is 33.1 Å². The minimum atomic E-state index is -0.710. The van der Waals surface area contributed by atoms with Crippen molar-refractivity contribution in [2.24, 2.45) is 0 Å². The first-order chi connectivity index (χ1) is 12.0. The third-order valence-electron chi connectivity index (χ3n) is 4.69. The van der Waals surface area contributed by atoms with Gasteiger partial charge in [0.05, 0.1) is 17.0 Å². The van der Waals surface area contributed by atoms with E-state index in [2.05, 4.69) is 29.6 Å². The first-order valence-corrected chi connectivity index (χ1v) is 8.85. The van der Waals surface area contributed by atoms with Gasteiger partial charge in [0.2, 0.25) is 0 Å². The molecule has 1 aliphatic carbocycles. The fourth-order valence-electron chi connectivity index (χ4n) is 3.00. The van der Waals surface area contributed by atoms with Gasteiger partial charge in [-0.25, -0.2) is 9.48 Å². The number of urea groups is 1. The van der Waals surface area contributed by atoms with Crippen LogP contribution < -0.4 is 10.6 Å². The van der Waals surface area contributed by atoms with E-state index in [9.17, 15) is 9.90 Å². The molecule has 0 saturated heterocycles. The largest absolute Gasteiger partial charge is 0.388 e. The summed E-state index contributed by atoms with van der Waals surface area (Å²) in [6, 6.07) is 9.66. The Bertz CT molecular complexity index is 720. The molecule has 0 aliphatic heterocycles. The van der Waals surface area contributed by atoms with Gasteiger partial charge in [-0.15, -0.1) is 0 Å². The highest BCUT2D eigenvalue weighted by molar-refractivity contribution is 5.74. The summed E-state index contributed by atoms with van der Waals surface area (Å²) in [4.78, 5) is 12.0. The molecule has 2 aromatic rings. The Hall–Kier alpha value is -2.34. The van der Waals surface area contributed by atoms with Crippen LogP contribution in [0.4, 0.5) is 4.79 Å². The molecule has 3 rings (SSSR count). The zero-order chi connectivity index (χ0) is 17.9. The fourth-order valence-corrected chi connectivity index (χ4v) is 3.00. The van der Waals surface area contributed by atoms with E-state index in [4.69, 9.17) is 0 Å². The molecule has 25 heavy (non-hydrogen) atoms. The first-order valence-electron chi connectivity index (χ1n) is 8.85. The number of nitrogens with zero attached hydrogens (tertiary/aromatic N) is 2. The molecule has 3 N–H and O–H groups in total.